The van der Waals surface area contributed by atoms with Gasteiger partial charge >= 0.3 is 0 Å². The summed E-state index contributed by atoms with van der Waals surface area (Å²) < 4.78 is 11.2. The maximum Gasteiger partial charge on any atom is 0.258 e. The van der Waals surface area contributed by atoms with Gasteiger partial charge < -0.3 is 8.94 Å². The van der Waals surface area contributed by atoms with Gasteiger partial charge in [0.25, 0.3) is 5.89 Å². The number of benzene rings is 1. The van der Waals surface area contributed by atoms with E-state index >= 15 is 0 Å². The zero-order valence-corrected chi connectivity index (χ0v) is 11.1. The molecule has 0 N–H and O–H groups in total. The molecule has 0 saturated heterocycles. The maximum atomic E-state index is 5.37. The van der Waals surface area contributed by atoms with E-state index in [1.165, 1.54) is 5.56 Å². The van der Waals surface area contributed by atoms with E-state index in [1.807, 2.05) is 31.2 Å². The summed E-state index contributed by atoms with van der Waals surface area (Å²) in [6.07, 6.45) is 0. The van der Waals surface area contributed by atoms with Crippen LogP contribution in [0.1, 0.15) is 5.56 Å². The van der Waals surface area contributed by atoms with Gasteiger partial charge in [-0.15, -0.1) is 0 Å². The highest BCUT2D eigenvalue weighted by Crippen LogP contribution is 2.25. The van der Waals surface area contributed by atoms with Crippen molar-refractivity contribution in [1.29, 1.82) is 0 Å². The van der Waals surface area contributed by atoms with Crippen LogP contribution in [0, 0.1) is 6.92 Å². The Morgan fingerprint density at radius 2 is 1.83 bits per heavy atom. The summed E-state index contributed by atoms with van der Waals surface area (Å²) in [6.45, 7) is 2.03. The Hall–Kier alpha value is -1.88. The van der Waals surface area contributed by atoms with Crippen molar-refractivity contribution in [3.05, 3.63) is 46.6 Å². The summed E-state index contributed by atoms with van der Waals surface area (Å²) in [5.41, 5.74) is 2.08. The van der Waals surface area contributed by atoms with Crippen LogP contribution < -0.4 is 0 Å². The minimum atomic E-state index is 0.441. The molecule has 2 aromatic heterocycles. The number of rotatable bonds is 2. The first-order valence-electron chi connectivity index (χ1n) is 5.39. The van der Waals surface area contributed by atoms with Gasteiger partial charge in [0.05, 0.1) is 0 Å². The van der Waals surface area contributed by atoms with Crippen molar-refractivity contribution in [2.75, 3.05) is 0 Å². The predicted molar refractivity (Wildman–Crippen MR) is 69.9 cm³/mol. The normalized spacial score (nSPS) is 10.8. The number of aromatic nitrogens is 2. The Balaban J connectivity index is 1.96. The first kappa shape index (κ1) is 11.2. The van der Waals surface area contributed by atoms with E-state index in [9.17, 15) is 0 Å². The molecule has 3 aromatic rings. The molecule has 0 fully saturated rings. The molecule has 0 saturated carbocycles. The molecule has 0 atom stereocenters. The largest absolute Gasteiger partial charge is 0.446 e. The van der Waals surface area contributed by atoms with Gasteiger partial charge in [-0.2, -0.15) is 4.98 Å². The van der Waals surface area contributed by atoms with Crippen molar-refractivity contribution in [1.82, 2.24) is 10.1 Å². The quantitative estimate of drug-likeness (QED) is 0.716. The monoisotopic (exact) mass is 304 g/mol. The Morgan fingerprint density at radius 1 is 1.06 bits per heavy atom. The van der Waals surface area contributed by atoms with Gasteiger partial charge in [-0.3, -0.25) is 0 Å². The van der Waals surface area contributed by atoms with Crippen LogP contribution in [0.2, 0.25) is 0 Å². The topological polar surface area (TPSA) is 52.1 Å². The molecule has 4 nitrogen and oxygen atoms in total. The molecular weight excluding hydrogens is 296 g/mol. The molecule has 18 heavy (non-hydrogen) atoms. The van der Waals surface area contributed by atoms with Crippen molar-refractivity contribution in [3.63, 3.8) is 0 Å². The fourth-order valence-electron chi connectivity index (χ4n) is 1.57. The third-order valence-corrected chi connectivity index (χ3v) is 2.94. The number of hydrogen-bond acceptors (Lipinski definition) is 4. The van der Waals surface area contributed by atoms with Crippen LogP contribution >= 0.6 is 15.9 Å². The van der Waals surface area contributed by atoms with Gasteiger partial charge in [0, 0.05) is 5.56 Å². The zero-order chi connectivity index (χ0) is 12.5. The van der Waals surface area contributed by atoms with Crippen molar-refractivity contribution >= 4 is 15.9 Å². The van der Waals surface area contributed by atoms with Crippen molar-refractivity contribution in [2.45, 2.75) is 6.92 Å². The third-order valence-electron chi connectivity index (χ3n) is 2.52. The van der Waals surface area contributed by atoms with Crippen LogP contribution in [-0.4, -0.2) is 10.1 Å². The van der Waals surface area contributed by atoms with E-state index in [1.54, 1.807) is 12.1 Å². The van der Waals surface area contributed by atoms with Crippen LogP contribution in [0.5, 0.6) is 0 Å². The molecule has 0 aliphatic heterocycles. The van der Waals surface area contributed by atoms with Gasteiger partial charge in [-0.1, -0.05) is 22.9 Å². The van der Waals surface area contributed by atoms with Crippen molar-refractivity contribution in [3.8, 4) is 23.0 Å². The van der Waals surface area contributed by atoms with Gasteiger partial charge in [0.2, 0.25) is 5.82 Å². The van der Waals surface area contributed by atoms with E-state index < -0.39 is 0 Å². The molecule has 1 aromatic carbocycles. The van der Waals surface area contributed by atoms with Crippen LogP contribution in [-0.2, 0) is 0 Å². The van der Waals surface area contributed by atoms with E-state index in [0.29, 0.717) is 22.1 Å². The second-order valence-corrected chi connectivity index (χ2v) is 4.67. The molecule has 0 bridgehead atoms. The number of halogens is 1. The standard InChI is InChI=1S/C13H9BrN2O2/c1-8-2-4-9(5-3-8)13-15-12(16-18-13)10-6-7-11(14)17-10/h2-7H,1H3. The van der Waals surface area contributed by atoms with E-state index in [4.69, 9.17) is 8.94 Å². The molecule has 2 heterocycles. The summed E-state index contributed by atoms with van der Waals surface area (Å²) in [7, 11) is 0. The van der Waals surface area contributed by atoms with Gasteiger partial charge in [0.1, 0.15) is 0 Å². The lowest BCUT2D eigenvalue weighted by Crippen LogP contribution is -1.79. The highest BCUT2D eigenvalue weighted by molar-refractivity contribution is 9.10. The minimum absolute atomic E-state index is 0.441. The molecule has 0 radical (unpaired) electrons. The smallest absolute Gasteiger partial charge is 0.258 e. The molecular formula is C13H9BrN2O2. The predicted octanol–water partition coefficient (Wildman–Crippen LogP) is 4.07. The Kier molecular flexibility index (Phi) is 2.76. The Labute approximate surface area is 112 Å². The first-order valence-corrected chi connectivity index (χ1v) is 6.18. The molecule has 90 valence electrons. The molecule has 0 unspecified atom stereocenters. The maximum absolute atomic E-state index is 5.37. The number of furan rings is 1. The van der Waals surface area contributed by atoms with Gasteiger partial charge in [0.15, 0.2) is 10.4 Å². The Bertz CT molecular complexity index is 670. The SMILES string of the molecule is Cc1ccc(-c2nc(-c3ccc(Br)o3)no2)cc1. The molecule has 5 heteroatoms. The van der Waals surface area contributed by atoms with Crippen molar-refractivity contribution < 1.29 is 8.94 Å². The fourth-order valence-corrected chi connectivity index (χ4v) is 1.88. The highest BCUT2D eigenvalue weighted by Gasteiger charge is 2.13. The zero-order valence-electron chi connectivity index (χ0n) is 9.55. The van der Waals surface area contributed by atoms with Crippen LogP contribution in [0.25, 0.3) is 23.0 Å². The van der Waals surface area contributed by atoms with E-state index in [2.05, 4.69) is 26.1 Å². The molecule has 3 rings (SSSR count). The average Bonchev–Trinajstić information content (AvgIpc) is 2.98. The summed E-state index contributed by atoms with van der Waals surface area (Å²) in [5, 5.41) is 3.90. The molecule has 0 amide bonds. The molecule has 0 aliphatic rings. The number of aryl methyl sites for hydroxylation is 1. The molecule has 0 spiro atoms. The van der Waals surface area contributed by atoms with Gasteiger partial charge in [-0.05, 0) is 47.1 Å². The summed E-state index contributed by atoms with van der Waals surface area (Å²) in [6, 6.07) is 11.5. The number of nitrogens with zero attached hydrogens (tertiary/aromatic N) is 2. The first-order chi connectivity index (χ1) is 8.72. The lowest BCUT2D eigenvalue weighted by molar-refractivity contribution is 0.429. The Morgan fingerprint density at radius 3 is 2.50 bits per heavy atom. The van der Waals surface area contributed by atoms with Gasteiger partial charge in [-0.25, -0.2) is 0 Å². The number of hydrogen-bond donors (Lipinski definition) is 0. The highest BCUT2D eigenvalue weighted by atomic mass is 79.9. The summed E-state index contributed by atoms with van der Waals surface area (Å²) in [5.74, 6) is 1.50. The van der Waals surface area contributed by atoms with Crippen LogP contribution in [0.4, 0.5) is 0 Å². The van der Waals surface area contributed by atoms with Crippen molar-refractivity contribution in [2.24, 2.45) is 0 Å². The third kappa shape index (κ3) is 2.09. The molecule has 0 aliphatic carbocycles. The minimum Gasteiger partial charge on any atom is -0.446 e. The summed E-state index contributed by atoms with van der Waals surface area (Å²) in [4.78, 5) is 4.30. The van der Waals surface area contributed by atoms with E-state index in [-0.39, 0.29) is 0 Å². The summed E-state index contributed by atoms with van der Waals surface area (Å²) >= 11 is 3.24. The lowest BCUT2D eigenvalue weighted by atomic mass is 10.1. The second kappa shape index (κ2) is 4.42. The van der Waals surface area contributed by atoms with Crippen LogP contribution in [0.3, 0.4) is 0 Å². The fraction of sp³-hybridized carbons (Fsp3) is 0.0769. The average molecular weight is 305 g/mol. The van der Waals surface area contributed by atoms with Crippen LogP contribution in [0.15, 0.2) is 50.0 Å². The second-order valence-electron chi connectivity index (χ2n) is 3.89. The van der Waals surface area contributed by atoms with E-state index in [0.717, 1.165) is 5.56 Å². The lowest BCUT2D eigenvalue weighted by Gasteiger charge is -1.94.